The number of halogens is 4. The smallest absolute Gasteiger partial charge is 0.475 e. The molecule has 0 saturated carbocycles. The molecule has 1 amide bonds. The normalized spacial score (nSPS) is 22.3. The minimum absolute atomic E-state index is 0.103. The fraction of sp³-hybridized carbons (Fsp3) is 0.579. The van der Waals surface area contributed by atoms with E-state index in [-0.39, 0.29) is 17.8 Å². The zero-order valence-electron chi connectivity index (χ0n) is 16.0. The Morgan fingerprint density at radius 1 is 1.17 bits per heavy atom. The lowest BCUT2D eigenvalue weighted by Crippen LogP contribution is -2.34. The number of rotatable bonds is 3. The van der Waals surface area contributed by atoms with E-state index in [9.17, 15) is 22.4 Å². The summed E-state index contributed by atoms with van der Waals surface area (Å²) in [5.41, 5.74) is 0.856. The van der Waals surface area contributed by atoms with Gasteiger partial charge in [0.2, 0.25) is 5.91 Å². The SMILES string of the molecule is CCN1CCO[C@@H]2CN(C(=O)Cc3ccc(F)cc3)C[C@@H]2C1.O=C(O)C(F)(F)F. The number of carbonyl (C=O) groups excluding carboxylic acids is 1. The van der Waals surface area contributed by atoms with Crippen molar-refractivity contribution in [1.82, 2.24) is 9.80 Å². The van der Waals surface area contributed by atoms with Crippen LogP contribution in [0.2, 0.25) is 0 Å². The maximum Gasteiger partial charge on any atom is 0.490 e. The molecule has 29 heavy (non-hydrogen) atoms. The highest BCUT2D eigenvalue weighted by Crippen LogP contribution is 2.24. The largest absolute Gasteiger partial charge is 0.490 e. The molecule has 2 heterocycles. The predicted octanol–water partition coefficient (Wildman–Crippen LogP) is 2.18. The predicted molar refractivity (Wildman–Crippen MR) is 95.7 cm³/mol. The Kier molecular flexibility index (Phi) is 7.97. The highest BCUT2D eigenvalue weighted by Gasteiger charge is 2.39. The molecule has 10 heteroatoms. The van der Waals surface area contributed by atoms with Gasteiger partial charge in [-0.1, -0.05) is 19.1 Å². The van der Waals surface area contributed by atoms with Gasteiger partial charge in [-0.3, -0.25) is 4.79 Å². The third kappa shape index (κ3) is 6.97. The number of benzene rings is 1. The summed E-state index contributed by atoms with van der Waals surface area (Å²) in [6.45, 7) is 7.36. The standard InChI is InChI=1S/C17H23FN2O2.C2HF3O2/c1-2-19-7-8-22-16-12-20(11-14(16)10-19)17(21)9-13-3-5-15(18)6-4-13;3-2(4,5)1(6)7/h3-6,14,16H,2,7-12H2,1H3;(H,6,7)/t14-,16+;/m0./s1. The van der Waals surface area contributed by atoms with Crippen molar-refractivity contribution in [3.8, 4) is 0 Å². The van der Waals surface area contributed by atoms with Crippen LogP contribution < -0.4 is 0 Å². The first kappa shape index (κ1) is 23.1. The number of nitrogens with zero attached hydrogens (tertiary/aromatic N) is 2. The number of likely N-dealkylation sites (tertiary alicyclic amines) is 1. The molecular weight excluding hydrogens is 396 g/mol. The number of likely N-dealkylation sites (N-methyl/N-ethyl adjacent to an activating group) is 1. The van der Waals surface area contributed by atoms with Crippen LogP contribution in [0.4, 0.5) is 17.6 Å². The highest BCUT2D eigenvalue weighted by atomic mass is 19.4. The van der Waals surface area contributed by atoms with Gasteiger partial charge in [0.1, 0.15) is 5.82 Å². The van der Waals surface area contributed by atoms with E-state index in [4.69, 9.17) is 14.6 Å². The van der Waals surface area contributed by atoms with Gasteiger partial charge in [-0.15, -0.1) is 0 Å². The second-order valence-electron chi connectivity index (χ2n) is 6.97. The Hall–Kier alpha value is -2.20. The van der Waals surface area contributed by atoms with Crippen LogP contribution in [0, 0.1) is 11.7 Å². The third-order valence-electron chi connectivity index (χ3n) is 4.92. The van der Waals surface area contributed by atoms with Crippen molar-refractivity contribution in [3.63, 3.8) is 0 Å². The molecule has 2 fully saturated rings. The lowest BCUT2D eigenvalue weighted by atomic mass is 10.1. The van der Waals surface area contributed by atoms with Gasteiger partial charge >= 0.3 is 12.1 Å². The Morgan fingerprint density at radius 3 is 2.34 bits per heavy atom. The van der Waals surface area contributed by atoms with Crippen molar-refractivity contribution in [2.24, 2.45) is 5.92 Å². The summed E-state index contributed by atoms with van der Waals surface area (Å²) < 4.78 is 50.6. The second-order valence-corrected chi connectivity index (χ2v) is 6.97. The average Bonchev–Trinajstić information content (AvgIpc) is 2.95. The van der Waals surface area contributed by atoms with E-state index in [2.05, 4.69) is 11.8 Å². The second kappa shape index (κ2) is 10.0. The number of aliphatic carboxylic acids is 1. The molecule has 162 valence electrons. The maximum atomic E-state index is 12.9. The minimum Gasteiger partial charge on any atom is -0.475 e. The molecular formula is C19H24F4N2O4. The number of carboxylic acid groups (broad SMARTS) is 1. The van der Waals surface area contributed by atoms with Gasteiger partial charge in [-0.05, 0) is 24.2 Å². The molecule has 1 aromatic rings. The number of alkyl halides is 3. The van der Waals surface area contributed by atoms with E-state index in [1.54, 1.807) is 12.1 Å². The fourth-order valence-corrected chi connectivity index (χ4v) is 3.34. The number of hydrogen-bond donors (Lipinski definition) is 1. The first-order chi connectivity index (χ1) is 13.6. The average molecular weight is 420 g/mol. The topological polar surface area (TPSA) is 70.1 Å². The number of carbonyl (C=O) groups is 2. The van der Waals surface area contributed by atoms with Crippen molar-refractivity contribution >= 4 is 11.9 Å². The summed E-state index contributed by atoms with van der Waals surface area (Å²) in [7, 11) is 0. The molecule has 0 spiro atoms. The zero-order chi connectivity index (χ0) is 21.6. The van der Waals surface area contributed by atoms with E-state index in [1.165, 1.54) is 12.1 Å². The molecule has 0 aromatic heterocycles. The molecule has 0 aliphatic carbocycles. The molecule has 0 unspecified atom stereocenters. The molecule has 1 N–H and O–H groups in total. The molecule has 0 radical (unpaired) electrons. The van der Waals surface area contributed by atoms with Crippen molar-refractivity contribution < 1.29 is 37.0 Å². The summed E-state index contributed by atoms with van der Waals surface area (Å²) in [6.07, 6.45) is -4.59. The Bertz CT molecular complexity index is 696. The molecule has 2 aliphatic rings. The van der Waals surface area contributed by atoms with Crippen LogP contribution in [0.1, 0.15) is 12.5 Å². The summed E-state index contributed by atoms with van der Waals surface area (Å²) >= 11 is 0. The Morgan fingerprint density at radius 2 is 1.79 bits per heavy atom. The Labute approximate surface area is 166 Å². The number of amides is 1. The van der Waals surface area contributed by atoms with E-state index in [0.717, 1.165) is 38.3 Å². The maximum absolute atomic E-state index is 12.9. The summed E-state index contributed by atoms with van der Waals surface area (Å²) in [6, 6.07) is 6.16. The van der Waals surface area contributed by atoms with Crippen LogP contribution in [-0.4, -0.2) is 78.4 Å². The Balaban J connectivity index is 0.000000370. The van der Waals surface area contributed by atoms with Crippen molar-refractivity contribution in [2.75, 3.05) is 39.3 Å². The number of hydrogen-bond acceptors (Lipinski definition) is 4. The first-order valence-electron chi connectivity index (χ1n) is 9.26. The van der Waals surface area contributed by atoms with Gasteiger partial charge in [-0.25, -0.2) is 9.18 Å². The molecule has 3 rings (SSSR count). The van der Waals surface area contributed by atoms with Crippen LogP contribution >= 0.6 is 0 Å². The lowest BCUT2D eigenvalue weighted by Gasteiger charge is -2.21. The molecule has 0 bridgehead atoms. The number of fused-ring (bicyclic) bond motifs is 1. The van der Waals surface area contributed by atoms with Crippen LogP contribution in [-0.2, 0) is 20.7 Å². The van der Waals surface area contributed by atoms with Crippen LogP contribution in [0.5, 0.6) is 0 Å². The number of carboxylic acids is 1. The zero-order valence-corrected chi connectivity index (χ0v) is 16.0. The monoisotopic (exact) mass is 420 g/mol. The van der Waals surface area contributed by atoms with E-state index in [1.807, 2.05) is 4.90 Å². The fourth-order valence-electron chi connectivity index (χ4n) is 3.34. The van der Waals surface area contributed by atoms with Crippen LogP contribution in [0.25, 0.3) is 0 Å². The van der Waals surface area contributed by atoms with Gasteiger partial charge in [0, 0.05) is 32.1 Å². The van der Waals surface area contributed by atoms with E-state index < -0.39 is 12.1 Å². The quantitative estimate of drug-likeness (QED) is 0.760. The summed E-state index contributed by atoms with van der Waals surface area (Å²) in [4.78, 5) is 25.6. The van der Waals surface area contributed by atoms with Gasteiger partial charge in [0.25, 0.3) is 0 Å². The van der Waals surface area contributed by atoms with Crippen molar-refractivity contribution in [2.45, 2.75) is 25.6 Å². The van der Waals surface area contributed by atoms with Gasteiger partial charge in [-0.2, -0.15) is 13.2 Å². The summed E-state index contributed by atoms with van der Waals surface area (Å²) in [5.74, 6) is -2.52. The molecule has 2 saturated heterocycles. The minimum atomic E-state index is -5.08. The van der Waals surface area contributed by atoms with Gasteiger partial charge in [0.15, 0.2) is 0 Å². The third-order valence-corrected chi connectivity index (χ3v) is 4.92. The van der Waals surface area contributed by atoms with Crippen LogP contribution in [0.15, 0.2) is 24.3 Å². The molecule has 2 atom stereocenters. The first-order valence-corrected chi connectivity index (χ1v) is 9.26. The van der Waals surface area contributed by atoms with Crippen LogP contribution in [0.3, 0.4) is 0 Å². The molecule has 1 aromatic carbocycles. The van der Waals surface area contributed by atoms with Crippen molar-refractivity contribution in [1.29, 1.82) is 0 Å². The molecule has 6 nitrogen and oxygen atoms in total. The number of ether oxygens (including phenoxy) is 1. The van der Waals surface area contributed by atoms with E-state index in [0.29, 0.717) is 18.9 Å². The van der Waals surface area contributed by atoms with Crippen molar-refractivity contribution in [3.05, 3.63) is 35.6 Å². The van der Waals surface area contributed by atoms with Gasteiger partial charge < -0.3 is 19.6 Å². The lowest BCUT2D eigenvalue weighted by molar-refractivity contribution is -0.192. The highest BCUT2D eigenvalue weighted by molar-refractivity contribution is 5.79. The molecule has 2 aliphatic heterocycles. The summed E-state index contributed by atoms with van der Waals surface area (Å²) in [5, 5.41) is 7.12. The van der Waals surface area contributed by atoms with E-state index >= 15 is 0 Å². The van der Waals surface area contributed by atoms with Gasteiger partial charge in [0.05, 0.1) is 19.1 Å².